The van der Waals surface area contributed by atoms with E-state index in [0.717, 1.165) is 0 Å². The molecule has 13 heavy (non-hydrogen) atoms. The summed E-state index contributed by atoms with van der Waals surface area (Å²) in [6.07, 6.45) is 1.39. The van der Waals surface area contributed by atoms with Crippen LogP contribution in [0.5, 0.6) is 0 Å². The SMILES string of the molecule is CC(=CC(C)(C)CC(=O)O)C(=O)O. The molecule has 0 saturated carbocycles. The summed E-state index contributed by atoms with van der Waals surface area (Å²) >= 11 is 0. The van der Waals surface area contributed by atoms with Crippen molar-refractivity contribution in [2.45, 2.75) is 27.2 Å². The quantitative estimate of drug-likeness (QED) is 0.653. The van der Waals surface area contributed by atoms with Crippen molar-refractivity contribution in [1.82, 2.24) is 0 Å². The largest absolute Gasteiger partial charge is 0.481 e. The molecule has 0 spiro atoms. The van der Waals surface area contributed by atoms with E-state index in [1.165, 1.54) is 13.0 Å². The fourth-order valence-electron chi connectivity index (χ4n) is 1.09. The van der Waals surface area contributed by atoms with E-state index in [4.69, 9.17) is 10.2 Å². The number of aliphatic carboxylic acids is 2. The number of hydrogen-bond donors (Lipinski definition) is 2. The molecular weight excluding hydrogens is 172 g/mol. The molecule has 0 amide bonds. The van der Waals surface area contributed by atoms with Gasteiger partial charge in [-0.15, -0.1) is 0 Å². The van der Waals surface area contributed by atoms with Gasteiger partial charge in [0, 0.05) is 5.57 Å². The average Bonchev–Trinajstić information content (AvgIpc) is 1.81. The Hall–Kier alpha value is -1.32. The van der Waals surface area contributed by atoms with Gasteiger partial charge < -0.3 is 10.2 Å². The molecule has 74 valence electrons. The van der Waals surface area contributed by atoms with Crippen LogP contribution in [0, 0.1) is 5.41 Å². The molecule has 0 bridgehead atoms. The number of rotatable bonds is 4. The van der Waals surface area contributed by atoms with Gasteiger partial charge in [0.05, 0.1) is 6.42 Å². The third kappa shape index (κ3) is 5.00. The monoisotopic (exact) mass is 186 g/mol. The highest BCUT2D eigenvalue weighted by molar-refractivity contribution is 5.86. The van der Waals surface area contributed by atoms with Crippen LogP contribution in [-0.4, -0.2) is 22.2 Å². The van der Waals surface area contributed by atoms with E-state index in [-0.39, 0.29) is 12.0 Å². The van der Waals surface area contributed by atoms with E-state index >= 15 is 0 Å². The van der Waals surface area contributed by atoms with Gasteiger partial charge in [0.2, 0.25) is 0 Å². The molecule has 0 aromatic heterocycles. The van der Waals surface area contributed by atoms with Crippen LogP contribution >= 0.6 is 0 Å². The Morgan fingerprint density at radius 3 is 2.08 bits per heavy atom. The van der Waals surface area contributed by atoms with E-state index in [1.54, 1.807) is 13.8 Å². The van der Waals surface area contributed by atoms with Crippen molar-refractivity contribution in [3.63, 3.8) is 0 Å². The molecule has 0 aromatic carbocycles. The maximum atomic E-state index is 10.4. The summed E-state index contributed by atoms with van der Waals surface area (Å²) in [6, 6.07) is 0. The van der Waals surface area contributed by atoms with Crippen LogP contribution in [0.25, 0.3) is 0 Å². The predicted molar refractivity (Wildman–Crippen MR) is 47.4 cm³/mol. The molecular formula is C9H14O4. The molecule has 0 aliphatic carbocycles. The number of carboxylic acids is 2. The van der Waals surface area contributed by atoms with Gasteiger partial charge in [0.1, 0.15) is 0 Å². The van der Waals surface area contributed by atoms with Crippen LogP contribution < -0.4 is 0 Å². The van der Waals surface area contributed by atoms with E-state index in [9.17, 15) is 9.59 Å². The molecule has 0 unspecified atom stereocenters. The van der Waals surface area contributed by atoms with E-state index in [2.05, 4.69) is 0 Å². The summed E-state index contributed by atoms with van der Waals surface area (Å²) < 4.78 is 0. The molecule has 0 aliphatic rings. The summed E-state index contributed by atoms with van der Waals surface area (Å²) in [5, 5.41) is 17.1. The lowest BCUT2D eigenvalue weighted by Crippen LogP contribution is -2.15. The van der Waals surface area contributed by atoms with Crippen LogP contribution in [0.15, 0.2) is 11.6 Å². The third-order valence-corrected chi connectivity index (χ3v) is 1.55. The Bertz CT molecular complexity index is 250. The van der Waals surface area contributed by atoms with Gasteiger partial charge in [-0.3, -0.25) is 4.79 Å². The Labute approximate surface area is 76.9 Å². The Morgan fingerprint density at radius 1 is 1.31 bits per heavy atom. The standard InChI is InChI=1S/C9H14O4/c1-6(8(12)13)4-9(2,3)5-7(10)11/h4H,5H2,1-3H3,(H,10,11)(H,12,13). The van der Waals surface area contributed by atoms with Crippen LogP contribution in [0.1, 0.15) is 27.2 Å². The first-order valence-electron chi connectivity index (χ1n) is 3.89. The fraction of sp³-hybridized carbons (Fsp3) is 0.556. The first kappa shape index (κ1) is 11.7. The Morgan fingerprint density at radius 2 is 1.77 bits per heavy atom. The number of carboxylic acid groups (broad SMARTS) is 2. The van der Waals surface area contributed by atoms with Crippen molar-refractivity contribution in [3.05, 3.63) is 11.6 Å². The predicted octanol–water partition coefficient (Wildman–Crippen LogP) is 1.52. The summed E-state index contributed by atoms with van der Waals surface area (Å²) in [6.45, 7) is 4.83. The second-order valence-electron chi connectivity index (χ2n) is 3.69. The normalized spacial score (nSPS) is 12.7. The lowest BCUT2D eigenvalue weighted by Gasteiger charge is -2.17. The molecule has 0 saturated heterocycles. The van der Waals surface area contributed by atoms with Crippen molar-refractivity contribution in [3.8, 4) is 0 Å². The molecule has 0 aliphatic heterocycles. The van der Waals surface area contributed by atoms with Crippen molar-refractivity contribution in [2.75, 3.05) is 0 Å². The van der Waals surface area contributed by atoms with Crippen LogP contribution in [0.4, 0.5) is 0 Å². The molecule has 4 nitrogen and oxygen atoms in total. The highest BCUT2D eigenvalue weighted by atomic mass is 16.4. The lowest BCUT2D eigenvalue weighted by atomic mass is 9.87. The minimum Gasteiger partial charge on any atom is -0.481 e. The smallest absolute Gasteiger partial charge is 0.330 e. The van der Waals surface area contributed by atoms with Crippen molar-refractivity contribution in [2.24, 2.45) is 5.41 Å². The van der Waals surface area contributed by atoms with Gasteiger partial charge >= 0.3 is 11.9 Å². The number of allylic oxidation sites excluding steroid dienone is 1. The van der Waals surface area contributed by atoms with Gasteiger partial charge in [-0.1, -0.05) is 19.9 Å². The van der Waals surface area contributed by atoms with Crippen LogP contribution in [-0.2, 0) is 9.59 Å². The van der Waals surface area contributed by atoms with Gasteiger partial charge in [0.15, 0.2) is 0 Å². The lowest BCUT2D eigenvalue weighted by molar-refractivity contribution is -0.139. The molecule has 0 aromatic rings. The van der Waals surface area contributed by atoms with E-state index in [0.29, 0.717) is 0 Å². The zero-order valence-corrected chi connectivity index (χ0v) is 8.00. The third-order valence-electron chi connectivity index (χ3n) is 1.55. The Balaban J connectivity index is 4.56. The van der Waals surface area contributed by atoms with Gasteiger partial charge in [0.25, 0.3) is 0 Å². The second-order valence-corrected chi connectivity index (χ2v) is 3.69. The van der Waals surface area contributed by atoms with E-state index in [1.807, 2.05) is 0 Å². The van der Waals surface area contributed by atoms with Gasteiger partial charge in [-0.2, -0.15) is 0 Å². The molecule has 0 rings (SSSR count). The maximum Gasteiger partial charge on any atom is 0.330 e. The summed E-state index contributed by atoms with van der Waals surface area (Å²) in [5.41, 5.74) is -0.444. The highest BCUT2D eigenvalue weighted by Crippen LogP contribution is 2.23. The molecule has 4 heteroatoms. The Kier molecular flexibility index (Phi) is 3.66. The molecule has 0 heterocycles. The minimum absolute atomic E-state index is 0.0718. The highest BCUT2D eigenvalue weighted by Gasteiger charge is 2.20. The van der Waals surface area contributed by atoms with Crippen molar-refractivity contribution < 1.29 is 19.8 Å². The topological polar surface area (TPSA) is 74.6 Å². The fourth-order valence-corrected chi connectivity index (χ4v) is 1.09. The zero-order valence-electron chi connectivity index (χ0n) is 8.00. The number of carbonyl (C=O) groups is 2. The van der Waals surface area contributed by atoms with Gasteiger partial charge in [-0.05, 0) is 12.3 Å². The average molecular weight is 186 g/mol. The molecule has 0 atom stereocenters. The van der Waals surface area contributed by atoms with E-state index < -0.39 is 17.4 Å². The number of hydrogen-bond acceptors (Lipinski definition) is 2. The van der Waals surface area contributed by atoms with Crippen molar-refractivity contribution >= 4 is 11.9 Å². The second kappa shape index (κ2) is 4.07. The summed E-state index contributed by atoms with van der Waals surface area (Å²) in [5.74, 6) is -1.95. The molecule has 0 fully saturated rings. The summed E-state index contributed by atoms with van der Waals surface area (Å²) in [7, 11) is 0. The van der Waals surface area contributed by atoms with Crippen molar-refractivity contribution in [1.29, 1.82) is 0 Å². The maximum absolute atomic E-state index is 10.4. The first-order valence-corrected chi connectivity index (χ1v) is 3.89. The molecule has 0 radical (unpaired) electrons. The van der Waals surface area contributed by atoms with Crippen LogP contribution in [0.2, 0.25) is 0 Å². The molecule has 2 N–H and O–H groups in total. The minimum atomic E-state index is -1.02. The van der Waals surface area contributed by atoms with Gasteiger partial charge in [-0.25, -0.2) is 4.79 Å². The summed E-state index contributed by atoms with van der Waals surface area (Å²) in [4.78, 5) is 20.8. The zero-order chi connectivity index (χ0) is 10.6. The van der Waals surface area contributed by atoms with Crippen LogP contribution in [0.3, 0.4) is 0 Å². The first-order chi connectivity index (χ1) is 5.74.